The highest BCUT2D eigenvalue weighted by Gasteiger charge is 2.19. The van der Waals surface area contributed by atoms with Crippen LogP contribution in [0.2, 0.25) is 0 Å². The molecule has 0 saturated heterocycles. The van der Waals surface area contributed by atoms with Gasteiger partial charge in [-0.05, 0) is 24.3 Å². The van der Waals surface area contributed by atoms with Crippen LogP contribution in [0.5, 0.6) is 0 Å². The van der Waals surface area contributed by atoms with Crippen LogP contribution in [0.25, 0.3) is 0 Å². The fourth-order valence-electron chi connectivity index (χ4n) is 1.52. The Morgan fingerprint density at radius 1 is 1.22 bits per heavy atom. The molecule has 2 aromatic heterocycles. The Morgan fingerprint density at radius 3 is 2.50 bits per heavy atom. The molecule has 6 nitrogen and oxygen atoms in total. The van der Waals surface area contributed by atoms with Crippen LogP contribution in [-0.2, 0) is 4.79 Å². The van der Waals surface area contributed by atoms with Crippen LogP contribution >= 0.6 is 0 Å². The van der Waals surface area contributed by atoms with Crippen LogP contribution < -0.4 is 10.4 Å². The van der Waals surface area contributed by atoms with Crippen LogP contribution in [0.4, 0.5) is 0 Å². The van der Waals surface area contributed by atoms with Crippen molar-refractivity contribution in [1.82, 2.24) is 5.32 Å². The summed E-state index contributed by atoms with van der Waals surface area (Å²) in [5, 5.41) is 13.2. The maximum absolute atomic E-state index is 11.7. The number of furan rings is 2. The van der Waals surface area contributed by atoms with E-state index < -0.39 is 17.9 Å². The number of amides is 1. The lowest BCUT2D eigenvalue weighted by atomic mass is 10.1. The molecule has 2 aromatic rings. The van der Waals surface area contributed by atoms with Gasteiger partial charge in [0.25, 0.3) is 5.91 Å². The van der Waals surface area contributed by atoms with Crippen LogP contribution in [0, 0.1) is 0 Å². The molecule has 1 amide bonds. The van der Waals surface area contributed by atoms with Crippen LogP contribution in [0.1, 0.15) is 28.8 Å². The van der Waals surface area contributed by atoms with Crippen molar-refractivity contribution in [3.05, 3.63) is 48.3 Å². The van der Waals surface area contributed by atoms with Crippen molar-refractivity contribution >= 4 is 11.9 Å². The quantitative estimate of drug-likeness (QED) is 0.830. The highest BCUT2D eigenvalue weighted by molar-refractivity contribution is 5.91. The van der Waals surface area contributed by atoms with E-state index in [-0.39, 0.29) is 12.2 Å². The van der Waals surface area contributed by atoms with E-state index in [1.54, 1.807) is 18.2 Å². The summed E-state index contributed by atoms with van der Waals surface area (Å²) < 4.78 is 9.99. The molecule has 0 aliphatic heterocycles. The van der Waals surface area contributed by atoms with Gasteiger partial charge in [-0.2, -0.15) is 0 Å². The maximum Gasteiger partial charge on any atom is 0.287 e. The number of carboxylic acids is 1. The van der Waals surface area contributed by atoms with Crippen LogP contribution in [0.3, 0.4) is 0 Å². The standard InChI is InChI=1S/C12H11NO5/c14-11(15)7-8(9-3-1-5-17-9)13-12(16)10-4-2-6-18-10/h1-6,8H,7H2,(H,13,16)(H,14,15)/p-1/t8-/m1/s1. The molecule has 6 heteroatoms. The van der Waals surface area contributed by atoms with Crippen LogP contribution in [0.15, 0.2) is 45.6 Å². The molecule has 0 aliphatic carbocycles. The highest BCUT2D eigenvalue weighted by Crippen LogP contribution is 2.17. The first-order chi connectivity index (χ1) is 8.66. The number of carboxylic acid groups (broad SMARTS) is 1. The van der Waals surface area contributed by atoms with E-state index in [1.807, 2.05) is 0 Å². The van der Waals surface area contributed by atoms with Gasteiger partial charge in [0, 0.05) is 12.4 Å². The minimum atomic E-state index is -1.28. The third-order valence-electron chi connectivity index (χ3n) is 2.31. The van der Waals surface area contributed by atoms with E-state index in [0.29, 0.717) is 5.76 Å². The van der Waals surface area contributed by atoms with E-state index in [9.17, 15) is 14.7 Å². The second kappa shape index (κ2) is 5.22. The zero-order valence-electron chi connectivity index (χ0n) is 9.29. The maximum atomic E-state index is 11.7. The summed E-state index contributed by atoms with van der Waals surface area (Å²) in [6.45, 7) is 0. The molecule has 2 heterocycles. The lowest BCUT2D eigenvalue weighted by molar-refractivity contribution is -0.306. The average molecular weight is 248 g/mol. The van der Waals surface area contributed by atoms with Gasteiger partial charge >= 0.3 is 0 Å². The Balaban J connectivity index is 2.11. The van der Waals surface area contributed by atoms with Gasteiger partial charge < -0.3 is 24.1 Å². The number of hydrogen-bond acceptors (Lipinski definition) is 5. The lowest BCUT2D eigenvalue weighted by Crippen LogP contribution is -2.33. The molecular weight excluding hydrogens is 238 g/mol. The highest BCUT2D eigenvalue weighted by atomic mass is 16.4. The van der Waals surface area contributed by atoms with Crippen LogP contribution in [-0.4, -0.2) is 11.9 Å². The SMILES string of the molecule is O=C([O-])C[C@@H](NC(=O)c1ccco1)c1ccco1. The fraction of sp³-hybridized carbons (Fsp3) is 0.167. The number of rotatable bonds is 5. The molecule has 1 N–H and O–H groups in total. The Bertz CT molecular complexity index is 515. The zero-order chi connectivity index (χ0) is 13.0. The molecular formula is C12H10NO5-. The monoisotopic (exact) mass is 248 g/mol. The summed E-state index contributed by atoms with van der Waals surface area (Å²) in [7, 11) is 0. The van der Waals surface area contributed by atoms with Gasteiger partial charge in [-0.15, -0.1) is 0 Å². The van der Waals surface area contributed by atoms with E-state index in [0.717, 1.165) is 0 Å². The summed E-state index contributed by atoms with van der Waals surface area (Å²) in [6.07, 6.45) is 2.38. The van der Waals surface area contributed by atoms with Crippen molar-refractivity contribution in [2.75, 3.05) is 0 Å². The predicted molar refractivity (Wildman–Crippen MR) is 57.2 cm³/mol. The summed E-state index contributed by atoms with van der Waals surface area (Å²) in [5.74, 6) is -1.34. The molecule has 2 rings (SSSR count). The van der Waals surface area contributed by atoms with Crippen molar-refractivity contribution < 1.29 is 23.5 Å². The van der Waals surface area contributed by atoms with Gasteiger partial charge in [-0.25, -0.2) is 0 Å². The van der Waals surface area contributed by atoms with Gasteiger partial charge in [0.05, 0.1) is 18.6 Å². The first-order valence-corrected chi connectivity index (χ1v) is 5.24. The molecule has 0 spiro atoms. The third-order valence-corrected chi connectivity index (χ3v) is 2.31. The van der Waals surface area contributed by atoms with Gasteiger partial charge in [-0.1, -0.05) is 0 Å². The molecule has 0 aliphatic rings. The molecule has 18 heavy (non-hydrogen) atoms. The molecule has 0 fully saturated rings. The van der Waals surface area contributed by atoms with Gasteiger partial charge in [0.2, 0.25) is 0 Å². The van der Waals surface area contributed by atoms with Crippen molar-refractivity contribution in [3.63, 3.8) is 0 Å². The minimum absolute atomic E-state index is 0.102. The van der Waals surface area contributed by atoms with E-state index in [2.05, 4.69) is 5.32 Å². The number of nitrogens with one attached hydrogen (secondary N) is 1. The largest absolute Gasteiger partial charge is 0.550 e. The first-order valence-electron chi connectivity index (χ1n) is 5.24. The van der Waals surface area contributed by atoms with E-state index in [4.69, 9.17) is 8.83 Å². The van der Waals surface area contributed by atoms with Crippen molar-refractivity contribution in [2.45, 2.75) is 12.5 Å². The Hall–Kier alpha value is -2.50. The molecule has 0 radical (unpaired) electrons. The number of carbonyl (C=O) groups is 2. The average Bonchev–Trinajstić information content (AvgIpc) is 3.01. The molecule has 0 unspecified atom stereocenters. The number of aliphatic carboxylic acids is 1. The van der Waals surface area contributed by atoms with Crippen molar-refractivity contribution in [1.29, 1.82) is 0 Å². The number of hydrogen-bond donors (Lipinski definition) is 1. The smallest absolute Gasteiger partial charge is 0.287 e. The fourth-order valence-corrected chi connectivity index (χ4v) is 1.52. The van der Waals surface area contributed by atoms with E-state index in [1.165, 1.54) is 18.6 Å². The van der Waals surface area contributed by atoms with E-state index >= 15 is 0 Å². The first kappa shape index (κ1) is 12.0. The molecule has 0 aromatic carbocycles. The molecule has 0 bridgehead atoms. The Labute approximate surface area is 102 Å². The third kappa shape index (κ3) is 2.79. The second-order valence-corrected chi connectivity index (χ2v) is 3.59. The Kier molecular flexibility index (Phi) is 3.47. The molecule has 94 valence electrons. The summed E-state index contributed by atoms with van der Waals surface area (Å²) in [4.78, 5) is 22.4. The zero-order valence-corrected chi connectivity index (χ0v) is 9.29. The van der Waals surface area contributed by atoms with Crippen molar-refractivity contribution in [2.24, 2.45) is 0 Å². The minimum Gasteiger partial charge on any atom is -0.550 e. The lowest BCUT2D eigenvalue weighted by Gasteiger charge is -2.16. The summed E-state index contributed by atoms with van der Waals surface area (Å²) >= 11 is 0. The summed E-state index contributed by atoms with van der Waals surface area (Å²) in [6, 6.07) is 5.44. The van der Waals surface area contributed by atoms with Gasteiger partial charge in [-0.3, -0.25) is 4.79 Å². The van der Waals surface area contributed by atoms with Gasteiger partial charge in [0.15, 0.2) is 5.76 Å². The predicted octanol–water partition coefficient (Wildman–Crippen LogP) is 0.484. The van der Waals surface area contributed by atoms with Crippen molar-refractivity contribution in [3.8, 4) is 0 Å². The molecule has 0 saturated carbocycles. The van der Waals surface area contributed by atoms with Gasteiger partial charge in [0.1, 0.15) is 5.76 Å². The Morgan fingerprint density at radius 2 is 1.94 bits per heavy atom. The normalized spacial score (nSPS) is 12.0. The topological polar surface area (TPSA) is 95.5 Å². The summed E-state index contributed by atoms with van der Waals surface area (Å²) in [5.41, 5.74) is 0. The number of carbonyl (C=O) groups excluding carboxylic acids is 2. The molecule has 1 atom stereocenters. The second-order valence-electron chi connectivity index (χ2n) is 3.59.